The number of hydrogen-bond donors (Lipinski definition) is 1. The van der Waals surface area contributed by atoms with Gasteiger partial charge in [0.15, 0.2) is 0 Å². The molecule has 1 N–H and O–H groups in total. The van der Waals surface area contributed by atoms with E-state index < -0.39 is 0 Å². The van der Waals surface area contributed by atoms with Crippen molar-refractivity contribution in [3.63, 3.8) is 0 Å². The summed E-state index contributed by atoms with van der Waals surface area (Å²) in [5.74, 6) is 0.135. The number of aromatic nitrogens is 3. The predicted octanol–water partition coefficient (Wildman–Crippen LogP) is 4.52. The van der Waals surface area contributed by atoms with E-state index >= 15 is 0 Å². The molecule has 5 heteroatoms. The molecule has 24 heavy (non-hydrogen) atoms. The molecule has 0 saturated carbocycles. The maximum atomic E-state index is 13.3. The Bertz CT molecular complexity index is 1020. The summed E-state index contributed by atoms with van der Waals surface area (Å²) < 4.78 is 15.4. The lowest BCUT2D eigenvalue weighted by Crippen LogP contribution is -1.98. The number of benzene rings is 2. The maximum absolute atomic E-state index is 13.3. The summed E-state index contributed by atoms with van der Waals surface area (Å²) >= 11 is 0. The first-order valence-electron chi connectivity index (χ1n) is 7.61. The van der Waals surface area contributed by atoms with Gasteiger partial charge in [-0.15, -0.1) is 0 Å². The lowest BCUT2D eigenvalue weighted by molar-refractivity contribution is 0.628. The molecule has 0 aliphatic carbocycles. The molecular weight excluding hydrogens is 303 g/mol. The zero-order valence-electron chi connectivity index (χ0n) is 13.1. The second-order valence-electron chi connectivity index (χ2n) is 5.57. The van der Waals surface area contributed by atoms with Gasteiger partial charge in [-0.3, -0.25) is 0 Å². The molecule has 118 valence electrons. The van der Waals surface area contributed by atoms with Gasteiger partial charge in [-0.25, -0.2) is 14.4 Å². The van der Waals surface area contributed by atoms with Crippen molar-refractivity contribution in [2.24, 2.45) is 7.05 Å². The Morgan fingerprint density at radius 1 is 1.04 bits per heavy atom. The van der Waals surface area contributed by atoms with Gasteiger partial charge in [-0.2, -0.15) is 0 Å². The normalized spacial score (nSPS) is 10.9. The second-order valence-corrected chi connectivity index (χ2v) is 5.57. The van der Waals surface area contributed by atoms with Crippen LogP contribution < -0.4 is 5.32 Å². The number of para-hydroxylation sites is 1. The topological polar surface area (TPSA) is 42.7 Å². The van der Waals surface area contributed by atoms with Crippen molar-refractivity contribution in [2.45, 2.75) is 0 Å². The fourth-order valence-corrected chi connectivity index (χ4v) is 2.81. The monoisotopic (exact) mass is 318 g/mol. The van der Waals surface area contributed by atoms with Crippen molar-refractivity contribution in [1.82, 2.24) is 14.5 Å². The highest BCUT2D eigenvalue weighted by Gasteiger charge is 2.10. The van der Waals surface area contributed by atoms with Crippen LogP contribution in [0.1, 0.15) is 0 Å². The van der Waals surface area contributed by atoms with E-state index in [0.29, 0.717) is 11.6 Å². The van der Waals surface area contributed by atoms with Crippen molar-refractivity contribution in [1.29, 1.82) is 0 Å². The minimum absolute atomic E-state index is 0.301. The quantitative estimate of drug-likeness (QED) is 0.604. The second kappa shape index (κ2) is 5.77. The molecule has 0 spiro atoms. The average molecular weight is 318 g/mol. The number of anilines is 2. The highest BCUT2D eigenvalue weighted by Crippen LogP contribution is 2.29. The van der Waals surface area contributed by atoms with Crippen LogP contribution in [0.3, 0.4) is 0 Å². The van der Waals surface area contributed by atoms with Gasteiger partial charge in [0.25, 0.3) is 0 Å². The lowest BCUT2D eigenvalue weighted by Gasteiger charge is -2.06. The molecule has 4 aromatic rings. The molecule has 0 aliphatic heterocycles. The Morgan fingerprint density at radius 2 is 1.92 bits per heavy atom. The third-order valence-corrected chi connectivity index (χ3v) is 3.91. The number of aryl methyl sites for hydroxylation is 1. The van der Waals surface area contributed by atoms with E-state index in [9.17, 15) is 4.39 Å². The minimum Gasteiger partial charge on any atom is -0.350 e. The van der Waals surface area contributed by atoms with Gasteiger partial charge in [0.1, 0.15) is 5.82 Å². The molecule has 0 unspecified atom stereocenters. The van der Waals surface area contributed by atoms with Crippen LogP contribution in [-0.4, -0.2) is 14.5 Å². The largest absolute Gasteiger partial charge is 0.350 e. The van der Waals surface area contributed by atoms with Crippen LogP contribution in [0.25, 0.3) is 22.2 Å². The summed E-state index contributed by atoms with van der Waals surface area (Å²) in [6.07, 6.45) is 3.75. The molecule has 2 aromatic heterocycles. The highest BCUT2D eigenvalue weighted by molar-refractivity contribution is 5.95. The number of hydrogen-bond acceptors (Lipinski definition) is 3. The molecule has 0 saturated heterocycles. The summed E-state index contributed by atoms with van der Waals surface area (Å²) in [5.41, 5.74) is 3.62. The van der Waals surface area contributed by atoms with Crippen molar-refractivity contribution in [3.05, 3.63) is 72.8 Å². The van der Waals surface area contributed by atoms with Crippen molar-refractivity contribution >= 4 is 22.5 Å². The molecule has 0 amide bonds. The van der Waals surface area contributed by atoms with Gasteiger partial charge in [0.05, 0.1) is 5.69 Å². The predicted molar refractivity (Wildman–Crippen MR) is 93.6 cm³/mol. The van der Waals surface area contributed by atoms with Gasteiger partial charge in [0.2, 0.25) is 5.95 Å². The third kappa shape index (κ3) is 2.60. The van der Waals surface area contributed by atoms with Gasteiger partial charge >= 0.3 is 0 Å². The van der Waals surface area contributed by atoms with E-state index in [1.165, 1.54) is 12.1 Å². The molecule has 0 fully saturated rings. The van der Waals surface area contributed by atoms with Crippen molar-refractivity contribution < 1.29 is 4.39 Å². The highest BCUT2D eigenvalue weighted by atomic mass is 19.1. The zero-order valence-corrected chi connectivity index (χ0v) is 13.1. The van der Waals surface area contributed by atoms with Crippen LogP contribution in [0.15, 0.2) is 67.0 Å². The van der Waals surface area contributed by atoms with Crippen LogP contribution in [0.5, 0.6) is 0 Å². The first kappa shape index (κ1) is 14.4. The van der Waals surface area contributed by atoms with Gasteiger partial charge < -0.3 is 9.88 Å². The smallest absolute Gasteiger partial charge is 0.227 e. The summed E-state index contributed by atoms with van der Waals surface area (Å²) in [6, 6.07) is 16.3. The first-order valence-corrected chi connectivity index (χ1v) is 7.61. The van der Waals surface area contributed by atoms with E-state index in [-0.39, 0.29) is 5.82 Å². The van der Waals surface area contributed by atoms with Crippen LogP contribution in [0.4, 0.5) is 16.0 Å². The minimum atomic E-state index is -0.301. The molecule has 4 rings (SSSR count). The van der Waals surface area contributed by atoms with Gasteiger partial charge in [-0.05, 0) is 30.3 Å². The van der Waals surface area contributed by atoms with E-state index in [2.05, 4.69) is 38.2 Å². The Hall–Kier alpha value is -3.21. The van der Waals surface area contributed by atoms with Gasteiger partial charge in [-0.1, -0.05) is 24.3 Å². The third-order valence-electron chi connectivity index (χ3n) is 3.91. The number of rotatable bonds is 3. The van der Waals surface area contributed by atoms with Crippen LogP contribution in [0, 0.1) is 5.82 Å². The molecule has 0 radical (unpaired) electrons. The summed E-state index contributed by atoms with van der Waals surface area (Å²) in [5, 5.41) is 4.18. The molecule has 0 aliphatic rings. The van der Waals surface area contributed by atoms with E-state index in [4.69, 9.17) is 0 Å². The maximum Gasteiger partial charge on any atom is 0.227 e. The molecular formula is C19H15FN4. The summed E-state index contributed by atoms with van der Waals surface area (Å²) in [6.45, 7) is 0. The van der Waals surface area contributed by atoms with Crippen LogP contribution in [0.2, 0.25) is 0 Å². The Labute approximate surface area is 138 Å². The van der Waals surface area contributed by atoms with Crippen LogP contribution in [-0.2, 0) is 7.05 Å². The fraction of sp³-hybridized carbons (Fsp3) is 0.0526. The van der Waals surface area contributed by atoms with Crippen molar-refractivity contribution in [2.75, 3.05) is 5.32 Å². The molecule has 4 nitrogen and oxygen atoms in total. The standard InChI is InChI=1S/C19H15FN4/c1-24-12-16(15-7-2-3-8-18(15)24)17-9-10-21-19(23-17)22-14-6-4-5-13(20)11-14/h2-12H,1H3,(H,21,22,23). The van der Waals surface area contributed by atoms with Gasteiger partial charge in [0, 0.05) is 41.6 Å². The zero-order chi connectivity index (χ0) is 16.5. The summed E-state index contributed by atoms with van der Waals surface area (Å²) in [7, 11) is 2.01. The number of nitrogens with one attached hydrogen (secondary N) is 1. The van der Waals surface area contributed by atoms with Crippen LogP contribution >= 0.6 is 0 Å². The first-order chi connectivity index (χ1) is 11.7. The Morgan fingerprint density at radius 3 is 2.79 bits per heavy atom. The average Bonchev–Trinajstić information content (AvgIpc) is 2.93. The SMILES string of the molecule is Cn1cc(-c2ccnc(Nc3cccc(F)c3)n2)c2ccccc21. The summed E-state index contributed by atoms with van der Waals surface area (Å²) in [4.78, 5) is 8.80. The molecule has 2 aromatic carbocycles. The number of halogens is 1. The molecule has 2 heterocycles. The van der Waals surface area contributed by atoms with Crippen molar-refractivity contribution in [3.8, 4) is 11.3 Å². The Kier molecular flexibility index (Phi) is 3.46. The number of nitrogens with zero attached hydrogens (tertiary/aromatic N) is 3. The molecule has 0 atom stereocenters. The van der Waals surface area contributed by atoms with E-state index in [1.54, 1.807) is 18.3 Å². The molecule has 0 bridgehead atoms. The van der Waals surface area contributed by atoms with E-state index in [0.717, 1.165) is 22.2 Å². The lowest BCUT2D eigenvalue weighted by atomic mass is 10.1. The Balaban J connectivity index is 1.74. The number of fused-ring (bicyclic) bond motifs is 1. The fourth-order valence-electron chi connectivity index (χ4n) is 2.81. The van der Waals surface area contributed by atoms with E-state index in [1.807, 2.05) is 25.2 Å².